The van der Waals surface area contributed by atoms with Crippen molar-refractivity contribution in [2.45, 2.75) is 31.8 Å². The molecule has 3 heterocycles. The van der Waals surface area contributed by atoms with Crippen LogP contribution in [0.25, 0.3) is 0 Å². The fourth-order valence-electron chi connectivity index (χ4n) is 2.84. The van der Waals surface area contributed by atoms with E-state index in [4.69, 9.17) is 12.2 Å². The SMILES string of the molecule is CCCCN1C(=S)N[C@@H](c2ccccn2)[C@H]1c1ccc[nH]1. The molecule has 0 aliphatic carbocycles. The first kappa shape index (κ1) is 14.1. The van der Waals surface area contributed by atoms with Crippen LogP contribution in [-0.4, -0.2) is 26.5 Å². The van der Waals surface area contributed by atoms with Crippen LogP contribution in [0.3, 0.4) is 0 Å². The molecule has 4 nitrogen and oxygen atoms in total. The van der Waals surface area contributed by atoms with Gasteiger partial charge >= 0.3 is 0 Å². The molecule has 5 heteroatoms. The van der Waals surface area contributed by atoms with Gasteiger partial charge in [0.2, 0.25) is 0 Å². The highest BCUT2D eigenvalue weighted by atomic mass is 32.1. The Morgan fingerprint density at radius 2 is 2.19 bits per heavy atom. The van der Waals surface area contributed by atoms with E-state index in [-0.39, 0.29) is 12.1 Å². The van der Waals surface area contributed by atoms with Gasteiger partial charge in [0.05, 0.1) is 17.8 Å². The summed E-state index contributed by atoms with van der Waals surface area (Å²) in [6, 6.07) is 10.4. The molecule has 1 aliphatic rings. The number of nitrogens with one attached hydrogen (secondary N) is 2. The van der Waals surface area contributed by atoms with Gasteiger partial charge in [-0.05, 0) is 42.9 Å². The molecule has 0 aromatic carbocycles. The van der Waals surface area contributed by atoms with Crippen LogP contribution in [-0.2, 0) is 0 Å². The molecule has 0 unspecified atom stereocenters. The lowest BCUT2D eigenvalue weighted by Gasteiger charge is -2.26. The number of rotatable bonds is 5. The first-order valence-corrected chi connectivity index (χ1v) is 7.83. The third-order valence-corrected chi connectivity index (χ3v) is 4.24. The van der Waals surface area contributed by atoms with E-state index < -0.39 is 0 Å². The number of pyridine rings is 1. The van der Waals surface area contributed by atoms with Gasteiger partial charge in [-0.25, -0.2) is 0 Å². The second-order valence-corrected chi connectivity index (χ2v) is 5.69. The van der Waals surface area contributed by atoms with Crippen LogP contribution in [0.1, 0.15) is 43.2 Å². The van der Waals surface area contributed by atoms with Crippen LogP contribution in [0.4, 0.5) is 0 Å². The highest BCUT2D eigenvalue weighted by Gasteiger charge is 2.39. The second kappa shape index (κ2) is 6.26. The van der Waals surface area contributed by atoms with E-state index >= 15 is 0 Å². The van der Waals surface area contributed by atoms with Crippen molar-refractivity contribution in [3.05, 3.63) is 54.1 Å². The lowest BCUT2D eigenvalue weighted by atomic mass is 10.0. The Kier molecular flexibility index (Phi) is 4.20. The Bertz CT molecular complexity index is 582. The summed E-state index contributed by atoms with van der Waals surface area (Å²) in [6.07, 6.45) is 6.09. The monoisotopic (exact) mass is 300 g/mol. The number of H-pyrrole nitrogens is 1. The molecule has 0 bridgehead atoms. The minimum atomic E-state index is 0.0919. The van der Waals surface area contributed by atoms with Crippen molar-refractivity contribution in [3.8, 4) is 0 Å². The topological polar surface area (TPSA) is 44.0 Å². The van der Waals surface area contributed by atoms with Crippen LogP contribution in [0.2, 0.25) is 0 Å². The zero-order valence-electron chi connectivity index (χ0n) is 12.1. The predicted octanol–water partition coefficient (Wildman–Crippen LogP) is 3.18. The third kappa shape index (κ3) is 2.78. The van der Waals surface area contributed by atoms with Gasteiger partial charge < -0.3 is 15.2 Å². The Hall–Kier alpha value is -1.88. The fraction of sp³-hybridized carbons (Fsp3) is 0.375. The van der Waals surface area contributed by atoms with Gasteiger partial charge in [-0.2, -0.15) is 0 Å². The van der Waals surface area contributed by atoms with Gasteiger partial charge in [0, 0.05) is 24.6 Å². The predicted molar refractivity (Wildman–Crippen MR) is 87.9 cm³/mol. The molecule has 1 fully saturated rings. The van der Waals surface area contributed by atoms with E-state index in [0.717, 1.165) is 30.2 Å². The smallest absolute Gasteiger partial charge is 0.170 e. The van der Waals surface area contributed by atoms with Crippen molar-refractivity contribution >= 4 is 17.3 Å². The van der Waals surface area contributed by atoms with Crippen LogP contribution >= 0.6 is 12.2 Å². The van der Waals surface area contributed by atoms with Crippen LogP contribution in [0, 0.1) is 0 Å². The average Bonchev–Trinajstić information content (AvgIpc) is 3.13. The van der Waals surface area contributed by atoms with Gasteiger partial charge in [0.15, 0.2) is 5.11 Å². The second-order valence-electron chi connectivity index (χ2n) is 5.30. The number of aromatic nitrogens is 2. The molecule has 1 aliphatic heterocycles. The van der Waals surface area contributed by atoms with E-state index in [9.17, 15) is 0 Å². The molecule has 2 atom stereocenters. The molecular formula is C16H20N4S. The number of thiocarbonyl (C=S) groups is 1. The number of nitrogens with zero attached hydrogens (tertiary/aromatic N) is 2. The number of hydrogen-bond donors (Lipinski definition) is 2. The quantitative estimate of drug-likeness (QED) is 0.832. The summed E-state index contributed by atoms with van der Waals surface area (Å²) in [6.45, 7) is 3.17. The summed E-state index contributed by atoms with van der Waals surface area (Å²) in [7, 11) is 0. The molecule has 2 aromatic rings. The fourth-order valence-corrected chi connectivity index (χ4v) is 3.17. The van der Waals surface area contributed by atoms with E-state index in [1.54, 1.807) is 0 Å². The van der Waals surface area contributed by atoms with Crippen molar-refractivity contribution in [2.24, 2.45) is 0 Å². The summed E-state index contributed by atoms with van der Waals surface area (Å²) in [4.78, 5) is 10.1. The van der Waals surface area contributed by atoms with E-state index in [2.05, 4.69) is 39.2 Å². The maximum absolute atomic E-state index is 5.56. The van der Waals surface area contributed by atoms with E-state index in [1.807, 2.05) is 30.6 Å². The number of hydrogen-bond acceptors (Lipinski definition) is 2. The molecule has 21 heavy (non-hydrogen) atoms. The molecule has 0 saturated carbocycles. The number of unbranched alkanes of at least 4 members (excludes halogenated alkanes) is 1. The molecule has 3 rings (SSSR count). The molecule has 2 aromatic heterocycles. The third-order valence-electron chi connectivity index (χ3n) is 3.89. The molecule has 0 radical (unpaired) electrons. The Labute approximate surface area is 130 Å². The van der Waals surface area contributed by atoms with Gasteiger partial charge in [0.25, 0.3) is 0 Å². The first-order valence-electron chi connectivity index (χ1n) is 7.42. The van der Waals surface area contributed by atoms with Crippen LogP contribution < -0.4 is 5.32 Å². The first-order chi connectivity index (χ1) is 10.3. The molecule has 0 spiro atoms. The summed E-state index contributed by atoms with van der Waals surface area (Å²) in [5.74, 6) is 0. The van der Waals surface area contributed by atoms with Crippen molar-refractivity contribution < 1.29 is 0 Å². The highest BCUT2D eigenvalue weighted by Crippen LogP contribution is 2.37. The van der Waals surface area contributed by atoms with Gasteiger partial charge in [0.1, 0.15) is 0 Å². The molecule has 110 valence electrons. The summed E-state index contributed by atoms with van der Waals surface area (Å²) < 4.78 is 0. The highest BCUT2D eigenvalue weighted by molar-refractivity contribution is 7.80. The largest absolute Gasteiger partial charge is 0.363 e. The van der Waals surface area contributed by atoms with Crippen molar-refractivity contribution in [1.29, 1.82) is 0 Å². The molecule has 2 N–H and O–H groups in total. The van der Waals surface area contributed by atoms with E-state index in [0.29, 0.717) is 0 Å². The van der Waals surface area contributed by atoms with Crippen LogP contribution in [0.5, 0.6) is 0 Å². The minimum Gasteiger partial charge on any atom is -0.363 e. The normalized spacial score (nSPS) is 21.6. The summed E-state index contributed by atoms with van der Waals surface area (Å²) in [5, 5.41) is 4.26. The van der Waals surface area contributed by atoms with Gasteiger partial charge in [-0.1, -0.05) is 19.4 Å². The maximum Gasteiger partial charge on any atom is 0.170 e. The van der Waals surface area contributed by atoms with E-state index in [1.165, 1.54) is 5.69 Å². The van der Waals surface area contributed by atoms with Crippen LogP contribution in [0.15, 0.2) is 42.7 Å². The summed E-state index contributed by atoms with van der Waals surface area (Å²) in [5.41, 5.74) is 2.20. The summed E-state index contributed by atoms with van der Waals surface area (Å²) >= 11 is 5.56. The Morgan fingerprint density at radius 1 is 1.29 bits per heavy atom. The Morgan fingerprint density at radius 3 is 2.86 bits per heavy atom. The Balaban J connectivity index is 1.94. The average molecular weight is 300 g/mol. The van der Waals surface area contributed by atoms with Gasteiger partial charge in [-0.15, -0.1) is 0 Å². The molecule has 0 amide bonds. The molecular weight excluding hydrogens is 280 g/mol. The molecule has 1 saturated heterocycles. The number of aromatic amines is 1. The zero-order chi connectivity index (χ0) is 14.7. The van der Waals surface area contributed by atoms with Crippen molar-refractivity contribution in [3.63, 3.8) is 0 Å². The zero-order valence-corrected chi connectivity index (χ0v) is 12.9. The standard InChI is InChI=1S/C16H20N4S/c1-2-3-11-20-15(13-8-6-10-18-13)14(19-16(20)21)12-7-4-5-9-17-12/h4-10,14-15,18H,2-3,11H2,1H3,(H,19,21)/t14-,15+/m0/s1. The lowest BCUT2D eigenvalue weighted by molar-refractivity contribution is 0.308. The maximum atomic E-state index is 5.56. The minimum absolute atomic E-state index is 0.0919. The lowest BCUT2D eigenvalue weighted by Crippen LogP contribution is -2.30. The van der Waals surface area contributed by atoms with Gasteiger partial charge in [-0.3, -0.25) is 4.98 Å². The van der Waals surface area contributed by atoms with Crippen molar-refractivity contribution in [2.75, 3.05) is 6.54 Å². The van der Waals surface area contributed by atoms with Crippen molar-refractivity contribution in [1.82, 2.24) is 20.2 Å².